The minimum Gasteiger partial charge on any atom is -0.492 e. The molecule has 2 bridgehead atoms. The molecule has 19 heavy (non-hydrogen) atoms. The molecule has 1 N–H and O–H groups in total. The van der Waals surface area contributed by atoms with Crippen molar-refractivity contribution in [2.45, 2.75) is 25.7 Å². The van der Waals surface area contributed by atoms with Crippen LogP contribution in [0.2, 0.25) is 5.02 Å². The Labute approximate surface area is 117 Å². The maximum absolute atomic E-state index is 10.8. The van der Waals surface area contributed by atoms with Crippen LogP contribution in [0.25, 0.3) is 0 Å². The van der Waals surface area contributed by atoms with Crippen molar-refractivity contribution in [1.82, 2.24) is 0 Å². The number of carbonyl (C=O) groups is 1. The van der Waals surface area contributed by atoms with Gasteiger partial charge in [0.05, 0.1) is 17.2 Å². The number of fused-ring (bicyclic) bond motifs is 2. The Bertz CT molecular complexity index is 500. The predicted molar refractivity (Wildman–Crippen MR) is 72.8 cm³/mol. The van der Waals surface area contributed by atoms with Crippen molar-refractivity contribution in [1.29, 1.82) is 0 Å². The highest BCUT2D eigenvalue weighted by atomic mass is 35.5. The summed E-state index contributed by atoms with van der Waals surface area (Å²) in [6.45, 7) is 0.702. The Morgan fingerprint density at radius 1 is 1.37 bits per heavy atom. The summed E-state index contributed by atoms with van der Waals surface area (Å²) in [6.07, 6.45) is 5.36. The second-order valence-corrected chi connectivity index (χ2v) is 6.10. The maximum atomic E-state index is 10.8. The van der Waals surface area contributed by atoms with Crippen LogP contribution >= 0.6 is 11.6 Å². The molecule has 102 valence electrons. The molecule has 0 aliphatic heterocycles. The largest absolute Gasteiger partial charge is 0.492 e. The summed E-state index contributed by atoms with van der Waals surface area (Å²) in [5, 5.41) is 9.25. The van der Waals surface area contributed by atoms with Crippen LogP contribution in [0.3, 0.4) is 0 Å². The van der Waals surface area contributed by atoms with E-state index in [4.69, 9.17) is 21.4 Å². The number of ether oxygens (including phenoxy) is 1. The van der Waals surface area contributed by atoms with Gasteiger partial charge in [0.15, 0.2) is 0 Å². The van der Waals surface area contributed by atoms with Gasteiger partial charge >= 0.3 is 5.97 Å². The molecule has 2 saturated carbocycles. The number of aromatic carboxylic acids is 1. The first-order chi connectivity index (χ1) is 9.13. The number of hydrogen-bond acceptors (Lipinski definition) is 2. The van der Waals surface area contributed by atoms with Crippen LogP contribution in [0.5, 0.6) is 5.75 Å². The average Bonchev–Trinajstić information content (AvgIpc) is 2.99. The monoisotopic (exact) mass is 280 g/mol. The zero-order chi connectivity index (χ0) is 13.4. The summed E-state index contributed by atoms with van der Waals surface area (Å²) in [4.78, 5) is 10.8. The lowest BCUT2D eigenvalue weighted by Crippen LogP contribution is -2.18. The lowest BCUT2D eigenvalue weighted by Gasteiger charge is -2.22. The van der Waals surface area contributed by atoms with Gasteiger partial charge < -0.3 is 9.84 Å². The van der Waals surface area contributed by atoms with Gasteiger partial charge in [-0.15, -0.1) is 0 Å². The van der Waals surface area contributed by atoms with E-state index in [0.29, 0.717) is 23.3 Å². The molecule has 2 aliphatic rings. The molecule has 0 aromatic heterocycles. The average molecular weight is 281 g/mol. The Kier molecular flexibility index (Phi) is 3.40. The standard InChI is InChI=1S/C15H17ClO3/c16-13-7-11(15(17)18)3-4-14(13)19-8-12-6-9-1-2-10(12)5-9/h3-4,7,9-10,12H,1-2,5-6,8H2,(H,17,18). The summed E-state index contributed by atoms with van der Waals surface area (Å²) in [5.41, 5.74) is 0.192. The van der Waals surface area contributed by atoms with E-state index in [0.717, 1.165) is 11.8 Å². The molecule has 3 unspecified atom stereocenters. The maximum Gasteiger partial charge on any atom is 0.335 e. The minimum atomic E-state index is -0.971. The lowest BCUT2D eigenvalue weighted by molar-refractivity contribution is 0.0697. The molecule has 2 aliphatic carbocycles. The molecule has 1 aromatic rings. The molecule has 0 spiro atoms. The predicted octanol–water partition coefficient (Wildman–Crippen LogP) is 3.85. The van der Waals surface area contributed by atoms with Crippen LogP contribution in [0.1, 0.15) is 36.0 Å². The van der Waals surface area contributed by atoms with Crippen molar-refractivity contribution < 1.29 is 14.6 Å². The fourth-order valence-electron chi connectivity index (χ4n) is 3.53. The third-order valence-corrected chi connectivity index (χ3v) is 4.81. The first kappa shape index (κ1) is 12.8. The van der Waals surface area contributed by atoms with Crippen molar-refractivity contribution in [3.05, 3.63) is 28.8 Å². The van der Waals surface area contributed by atoms with Crippen LogP contribution in [0.15, 0.2) is 18.2 Å². The Morgan fingerprint density at radius 3 is 2.79 bits per heavy atom. The molecule has 0 saturated heterocycles. The number of halogens is 1. The van der Waals surface area contributed by atoms with Crippen LogP contribution in [0.4, 0.5) is 0 Å². The fourth-order valence-corrected chi connectivity index (χ4v) is 3.76. The number of carboxylic acids is 1. The summed E-state index contributed by atoms with van der Waals surface area (Å²) in [6, 6.07) is 4.63. The van der Waals surface area contributed by atoms with Crippen molar-refractivity contribution >= 4 is 17.6 Å². The molecule has 0 heterocycles. The molecule has 3 nitrogen and oxygen atoms in total. The van der Waals surface area contributed by atoms with E-state index in [1.54, 1.807) is 6.07 Å². The van der Waals surface area contributed by atoms with Crippen LogP contribution in [-0.4, -0.2) is 17.7 Å². The molecular formula is C15H17ClO3. The summed E-state index contributed by atoms with van der Waals surface area (Å²) in [7, 11) is 0. The van der Waals surface area contributed by atoms with Gasteiger partial charge in [-0.05, 0) is 55.2 Å². The molecule has 0 amide bonds. The lowest BCUT2D eigenvalue weighted by atomic mass is 9.89. The summed E-state index contributed by atoms with van der Waals surface area (Å²) in [5.74, 6) is 2.00. The van der Waals surface area contributed by atoms with Gasteiger partial charge in [0.1, 0.15) is 5.75 Å². The van der Waals surface area contributed by atoms with Crippen LogP contribution < -0.4 is 4.74 Å². The van der Waals surface area contributed by atoms with Crippen molar-refractivity contribution in [2.24, 2.45) is 17.8 Å². The van der Waals surface area contributed by atoms with Gasteiger partial charge in [0.25, 0.3) is 0 Å². The quantitative estimate of drug-likeness (QED) is 0.911. The van der Waals surface area contributed by atoms with E-state index in [1.165, 1.54) is 37.8 Å². The van der Waals surface area contributed by atoms with Gasteiger partial charge in [-0.3, -0.25) is 0 Å². The molecule has 0 radical (unpaired) electrons. The molecular weight excluding hydrogens is 264 g/mol. The number of benzene rings is 1. The number of hydrogen-bond donors (Lipinski definition) is 1. The van der Waals surface area contributed by atoms with Crippen LogP contribution in [0, 0.1) is 17.8 Å². The Hall–Kier alpha value is -1.22. The topological polar surface area (TPSA) is 46.5 Å². The van der Waals surface area contributed by atoms with Crippen molar-refractivity contribution in [2.75, 3.05) is 6.61 Å². The van der Waals surface area contributed by atoms with E-state index < -0.39 is 5.97 Å². The fraction of sp³-hybridized carbons (Fsp3) is 0.533. The molecule has 2 fully saturated rings. The Morgan fingerprint density at radius 2 is 2.21 bits per heavy atom. The molecule has 1 aromatic carbocycles. The third-order valence-electron chi connectivity index (χ3n) is 4.52. The van der Waals surface area contributed by atoms with Gasteiger partial charge in [0, 0.05) is 0 Å². The highest BCUT2D eigenvalue weighted by molar-refractivity contribution is 6.32. The van der Waals surface area contributed by atoms with Crippen molar-refractivity contribution in [3.63, 3.8) is 0 Å². The van der Waals surface area contributed by atoms with Gasteiger partial charge in [-0.25, -0.2) is 4.79 Å². The van der Waals surface area contributed by atoms with E-state index in [2.05, 4.69) is 0 Å². The van der Waals surface area contributed by atoms with Gasteiger partial charge in [-0.1, -0.05) is 18.0 Å². The second-order valence-electron chi connectivity index (χ2n) is 5.70. The summed E-state index contributed by atoms with van der Waals surface area (Å²) < 4.78 is 5.78. The second kappa shape index (κ2) is 5.04. The highest BCUT2D eigenvalue weighted by Crippen LogP contribution is 2.48. The van der Waals surface area contributed by atoms with E-state index >= 15 is 0 Å². The first-order valence-electron chi connectivity index (χ1n) is 6.79. The molecule has 3 rings (SSSR count). The van der Waals surface area contributed by atoms with Crippen molar-refractivity contribution in [3.8, 4) is 5.75 Å². The third kappa shape index (κ3) is 2.57. The zero-order valence-electron chi connectivity index (χ0n) is 10.6. The smallest absolute Gasteiger partial charge is 0.335 e. The molecule has 3 atom stereocenters. The van der Waals surface area contributed by atoms with Crippen LogP contribution in [-0.2, 0) is 0 Å². The van der Waals surface area contributed by atoms with E-state index in [1.807, 2.05) is 0 Å². The highest BCUT2D eigenvalue weighted by Gasteiger charge is 2.39. The first-order valence-corrected chi connectivity index (χ1v) is 7.17. The number of rotatable bonds is 4. The SMILES string of the molecule is O=C(O)c1ccc(OCC2CC3CCC2C3)c(Cl)c1. The Balaban J connectivity index is 1.62. The minimum absolute atomic E-state index is 0.192. The summed E-state index contributed by atoms with van der Waals surface area (Å²) >= 11 is 6.05. The molecule has 4 heteroatoms. The normalized spacial score (nSPS) is 28.6. The van der Waals surface area contributed by atoms with Gasteiger partial charge in [0.2, 0.25) is 0 Å². The van der Waals surface area contributed by atoms with E-state index in [-0.39, 0.29) is 5.56 Å². The number of carboxylic acid groups (broad SMARTS) is 1. The zero-order valence-corrected chi connectivity index (χ0v) is 11.4. The van der Waals surface area contributed by atoms with E-state index in [9.17, 15) is 4.79 Å². The van der Waals surface area contributed by atoms with Gasteiger partial charge in [-0.2, -0.15) is 0 Å².